The summed E-state index contributed by atoms with van der Waals surface area (Å²) in [6.45, 7) is 1.33. The molecule has 0 aromatic heterocycles. The Bertz CT molecular complexity index is 1060. The van der Waals surface area contributed by atoms with Crippen LogP contribution in [0.25, 0.3) is 0 Å². The summed E-state index contributed by atoms with van der Waals surface area (Å²) in [6, 6.07) is -6.28. The number of hydrogen-bond acceptors (Lipinski definition) is 19. The molecule has 0 unspecified atom stereocenters. The van der Waals surface area contributed by atoms with Crippen molar-refractivity contribution in [1.82, 2.24) is 0 Å². The van der Waals surface area contributed by atoms with E-state index in [2.05, 4.69) is 4.74 Å². The van der Waals surface area contributed by atoms with E-state index < -0.39 is 103 Å². The maximum atomic E-state index is 11.3. The van der Waals surface area contributed by atoms with E-state index >= 15 is 0 Å². The van der Waals surface area contributed by atoms with Crippen LogP contribution in [0.2, 0.25) is 0 Å². The normalized spacial score (nSPS) is 13.9. The van der Waals surface area contributed by atoms with Gasteiger partial charge in [0.25, 0.3) is 0 Å². The number of carboxylic acids is 6. The van der Waals surface area contributed by atoms with Crippen molar-refractivity contribution in [2.75, 3.05) is 25.2 Å². The summed E-state index contributed by atoms with van der Waals surface area (Å²) >= 11 is 1.54. The minimum atomic E-state index is -1.29. The summed E-state index contributed by atoms with van der Waals surface area (Å²) in [5.74, 6) is -7.90. The second-order valence-electron chi connectivity index (χ2n) is 9.82. The summed E-state index contributed by atoms with van der Waals surface area (Å²) in [5.41, 5.74) is 35.7. The number of esters is 2. The highest BCUT2D eigenvalue weighted by molar-refractivity contribution is 7.98. The molecule has 0 aromatic rings. The van der Waals surface area contributed by atoms with E-state index in [1.54, 1.807) is 11.8 Å². The van der Waals surface area contributed by atoms with Crippen LogP contribution in [0, 0.1) is 0 Å². The fraction of sp³-hybridized carbons (Fsp3) is 0.692. The van der Waals surface area contributed by atoms with Gasteiger partial charge in [0.1, 0.15) is 36.3 Å². The minimum absolute atomic E-state index is 0.0231. The molecule has 0 saturated heterocycles. The maximum Gasteiger partial charge on any atom is 0.333 e. The molecular formula is C26H53N7O17S. The van der Waals surface area contributed by atoms with Crippen LogP contribution in [-0.2, 0) is 43.1 Å². The van der Waals surface area contributed by atoms with Gasteiger partial charge < -0.3 is 85.7 Å². The Hall–Kier alpha value is -4.05. The molecule has 51 heavy (non-hydrogen) atoms. The van der Waals surface area contributed by atoms with Gasteiger partial charge in [-0.25, -0.2) is 9.59 Å². The summed E-state index contributed by atoms with van der Waals surface area (Å²) in [5, 5.41) is 65.5. The third-order valence-electron chi connectivity index (χ3n) is 5.18. The van der Waals surface area contributed by atoms with Gasteiger partial charge in [-0.1, -0.05) is 0 Å². The molecule has 22 N–H and O–H groups in total. The highest BCUT2D eigenvalue weighted by Gasteiger charge is 2.25. The number of thioether (sulfide) groups is 1. The van der Waals surface area contributed by atoms with Crippen molar-refractivity contribution in [3.8, 4) is 0 Å². The van der Waals surface area contributed by atoms with Crippen molar-refractivity contribution in [3.63, 3.8) is 0 Å². The van der Waals surface area contributed by atoms with Crippen molar-refractivity contribution in [2.24, 2.45) is 40.1 Å². The highest BCUT2D eigenvalue weighted by atomic mass is 32.2. The lowest BCUT2D eigenvalue weighted by molar-refractivity contribution is -0.163. The summed E-state index contributed by atoms with van der Waals surface area (Å²) < 4.78 is 4.44. The average Bonchev–Trinajstić information content (AvgIpc) is 3.04. The van der Waals surface area contributed by atoms with Crippen molar-refractivity contribution < 1.29 is 83.9 Å². The number of carboxylic acid groups (broad SMARTS) is 6. The van der Waals surface area contributed by atoms with E-state index in [-0.39, 0.29) is 12.8 Å². The first-order chi connectivity index (χ1) is 23.3. The zero-order valence-corrected chi connectivity index (χ0v) is 28.9. The van der Waals surface area contributed by atoms with Gasteiger partial charge in [0.15, 0.2) is 0 Å². The Morgan fingerprint density at radius 1 is 0.627 bits per heavy atom. The first-order valence-corrected chi connectivity index (χ1v) is 15.8. The number of rotatable bonds is 19. The Labute approximate surface area is 296 Å². The fourth-order valence-electron chi connectivity index (χ4n) is 2.02. The van der Waals surface area contributed by atoms with Crippen LogP contribution in [0.3, 0.4) is 0 Å². The molecular weight excluding hydrogens is 714 g/mol. The van der Waals surface area contributed by atoms with E-state index in [0.717, 1.165) is 0 Å². The van der Waals surface area contributed by atoms with Crippen LogP contribution in [0.5, 0.6) is 0 Å². The third kappa shape index (κ3) is 40.3. The van der Waals surface area contributed by atoms with E-state index in [4.69, 9.17) is 81.0 Å². The average molecular weight is 768 g/mol. The molecule has 0 heterocycles. The molecule has 0 aliphatic carbocycles. The Balaban J connectivity index is -0.000000179. The third-order valence-corrected chi connectivity index (χ3v) is 5.82. The monoisotopic (exact) mass is 767 g/mol. The molecule has 0 fully saturated rings. The first kappa shape index (κ1) is 56.3. The number of ether oxygens (including phenoxy) is 1. The number of aliphatic carboxylic acids is 6. The molecule has 25 heteroatoms. The second kappa shape index (κ2) is 34.4. The van der Waals surface area contributed by atoms with Gasteiger partial charge in [-0.3, -0.25) is 28.8 Å². The lowest BCUT2D eigenvalue weighted by atomic mass is 10.2. The molecule has 0 radical (unpaired) electrons. The molecule has 0 rings (SSSR count). The second-order valence-corrected chi connectivity index (χ2v) is 10.8. The van der Waals surface area contributed by atoms with Gasteiger partial charge in [-0.2, -0.15) is 11.8 Å². The molecule has 0 spiro atoms. The smallest absolute Gasteiger partial charge is 0.333 e. The molecule has 0 bridgehead atoms. The first-order valence-electron chi connectivity index (χ1n) is 14.5. The van der Waals surface area contributed by atoms with Crippen LogP contribution >= 0.6 is 11.8 Å². The summed E-state index contributed by atoms with van der Waals surface area (Å²) in [7, 11) is 0. The van der Waals surface area contributed by atoms with E-state index in [0.29, 0.717) is 31.6 Å². The quantitative estimate of drug-likeness (QED) is 0.0430. The van der Waals surface area contributed by atoms with Crippen molar-refractivity contribution in [3.05, 3.63) is 0 Å². The van der Waals surface area contributed by atoms with Gasteiger partial charge in [-0.15, -0.1) is 0 Å². The Morgan fingerprint density at radius 2 is 1.06 bits per heavy atom. The number of nitrogens with two attached hydrogens (primary N) is 7. The summed E-state index contributed by atoms with van der Waals surface area (Å²) in [6.07, 6.45) is 1.62. The van der Waals surface area contributed by atoms with Gasteiger partial charge in [0, 0.05) is 6.42 Å². The van der Waals surface area contributed by atoms with Gasteiger partial charge in [0.2, 0.25) is 0 Å². The van der Waals surface area contributed by atoms with Crippen molar-refractivity contribution in [1.29, 1.82) is 0 Å². The number of carbonyl (C=O) groups excluding carboxylic acids is 2. The molecule has 300 valence electrons. The maximum absolute atomic E-state index is 11.3. The minimum Gasteiger partial charge on any atom is -0.481 e. The Kier molecular flexibility index (Phi) is 38.0. The fourth-order valence-corrected chi connectivity index (χ4v) is 2.51. The topological polar surface area (TPSA) is 490 Å². The molecule has 0 aliphatic rings. The van der Waals surface area contributed by atoms with Crippen LogP contribution < -0.4 is 40.1 Å². The van der Waals surface area contributed by atoms with Crippen molar-refractivity contribution >= 4 is 59.5 Å². The zero-order valence-electron chi connectivity index (χ0n) is 28.1. The van der Waals surface area contributed by atoms with Crippen LogP contribution in [0.4, 0.5) is 0 Å². The number of aliphatic hydroxyl groups excluding tert-OH is 2. The predicted octanol–water partition coefficient (Wildman–Crippen LogP) is -5.49. The molecule has 24 nitrogen and oxygen atoms in total. The highest BCUT2D eigenvalue weighted by Crippen LogP contribution is 2.02. The molecule has 0 amide bonds. The lowest BCUT2D eigenvalue weighted by Gasteiger charge is -2.14. The van der Waals surface area contributed by atoms with E-state index in [1.165, 1.54) is 6.92 Å². The van der Waals surface area contributed by atoms with E-state index in [1.807, 2.05) is 6.26 Å². The van der Waals surface area contributed by atoms with Crippen LogP contribution in [-0.4, -0.2) is 156 Å². The molecule has 0 aromatic carbocycles. The number of carbonyl (C=O) groups is 8. The van der Waals surface area contributed by atoms with E-state index in [9.17, 15) is 38.4 Å². The standard InChI is InChI=1S/C9H18N2O4S.C5H12N2O2.C5H9NO4.C4H7NO4.C3H7NO3/c1-5(12)7(11)9(14)15-8(13)6(10)3-4-16-2;6-3-1-2-4(7)5(8)9;6-3(5(9)10)1-2-4(7)8;5-2(4(8)9)1-3(6)7;4-2(1-5)3(6)7/h5-7,12H,3-4,10-11H2,1-2H3;4H,1-3,6-7H2,(H,8,9);3H,1-2,6H2,(H,7,8)(H,9,10);2H,1,5H2,(H,6,7)(H,8,9);2,5H,1,4H2,(H,6,7)/t5-,6+,7+;4-;3-;2*2-/m10000/s1. The number of hydrogen-bond donors (Lipinski definition) is 15. The predicted molar refractivity (Wildman–Crippen MR) is 179 cm³/mol. The molecule has 7 atom stereocenters. The van der Waals surface area contributed by atoms with Crippen molar-refractivity contribution in [2.45, 2.75) is 87.8 Å². The number of aliphatic hydroxyl groups is 2. The zero-order chi connectivity index (χ0) is 41.4. The molecule has 0 saturated carbocycles. The van der Waals surface area contributed by atoms with Crippen LogP contribution in [0.15, 0.2) is 0 Å². The summed E-state index contributed by atoms with van der Waals surface area (Å²) in [4.78, 5) is 81.6. The van der Waals surface area contributed by atoms with Gasteiger partial charge in [-0.05, 0) is 51.2 Å². The Morgan fingerprint density at radius 3 is 1.33 bits per heavy atom. The van der Waals surface area contributed by atoms with Crippen LogP contribution in [0.1, 0.15) is 45.4 Å². The van der Waals surface area contributed by atoms with Gasteiger partial charge in [0.05, 0.1) is 19.1 Å². The SMILES string of the molecule is CSCC[C@H](N)C(=O)OC(=O)[C@@H](N)[C@@H](C)O.NCCC[C@H](N)C(=O)O.N[C@@H](CC(=O)O)C(=O)O.N[C@@H](CCC(=O)O)C(=O)O.N[C@@H](CO)C(=O)O. The largest absolute Gasteiger partial charge is 0.481 e. The molecule has 0 aliphatic heterocycles. The van der Waals surface area contributed by atoms with Gasteiger partial charge >= 0.3 is 47.8 Å². The lowest BCUT2D eigenvalue weighted by Crippen LogP contribution is -2.44.